The Balaban J connectivity index is 2.23. The second-order valence-electron chi connectivity index (χ2n) is 2.43. The van der Waals surface area contributed by atoms with E-state index in [2.05, 4.69) is 26.1 Å². The van der Waals surface area contributed by atoms with Crippen molar-refractivity contribution in [3.63, 3.8) is 0 Å². The Bertz CT molecular complexity index is 449. The standard InChI is InChI=1S/C8H5N5S/c1-2-3-14-8-11-6(9)5-4-10-13-7(5)12-8/h1,4,9H,3H2. The lowest BCUT2D eigenvalue weighted by molar-refractivity contribution is 1.32. The van der Waals surface area contributed by atoms with Gasteiger partial charge in [0, 0.05) is 0 Å². The maximum absolute atomic E-state index is 7.56. The highest BCUT2D eigenvalue weighted by Gasteiger charge is 2.22. The summed E-state index contributed by atoms with van der Waals surface area (Å²) in [6, 6.07) is 0. The minimum Gasteiger partial charge on any atom is -0.282 e. The van der Waals surface area contributed by atoms with Gasteiger partial charge in [-0.1, -0.05) is 17.7 Å². The summed E-state index contributed by atoms with van der Waals surface area (Å²) in [6.45, 7) is 0. The summed E-state index contributed by atoms with van der Waals surface area (Å²) >= 11 is 1.31. The van der Waals surface area contributed by atoms with E-state index in [4.69, 9.17) is 11.8 Å². The Kier molecular flexibility index (Phi) is 2.24. The molecule has 6 heteroatoms. The van der Waals surface area contributed by atoms with Crippen LogP contribution < -0.4 is 0 Å². The normalized spacial score (nSPS) is 18.2. The monoisotopic (exact) mass is 203 g/mol. The number of hydrogen-bond donors (Lipinski definition) is 1. The van der Waals surface area contributed by atoms with Gasteiger partial charge in [0.05, 0.1) is 17.5 Å². The van der Waals surface area contributed by atoms with Crippen molar-refractivity contribution < 1.29 is 0 Å². The van der Waals surface area contributed by atoms with Gasteiger partial charge < -0.3 is 0 Å². The molecule has 0 amide bonds. The first-order valence-electron chi connectivity index (χ1n) is 3.75. The number of aliphatic imine (C=N–C) groups is 2. The minimum absolute atomic E-state index is 0.138. The zero-order valence-corrected chi connectivity index (χ0v) is 7.88. The molecule has 0 aliphatic carbocycles. The molecule has 2 heterocycles. The first-order chi connectivity index (χ1) is 6.81. The molecule has 0 aromatic rings. The molecule has 14 heavy (non-hydrogen) atoms. The molecule has 0 unspecified atom stereocenters. The van der Waals surface area contributed by atoms with Crippen molar-refractivity contribution in [2.75, 3.05) is 5.75 Å². The number of amidine groups is 3. The van der Waals surface area contributed by atoms with Crippen molar-refractivity contribution >= 4 is 28.6 Å². The van der Waals surface area contributed by atoms with E-state index in [-0.39, 0.29) is 5.84 Å². The molecule has 0 saturated heterocycles. The molecule has 2 rings (SSSR count). The lowest BCUT2D eigenvalue weighted by atomic mass is 10.2. The number of nitrogens with one attached hydrogen (secondary N) is 1. The van der Waals surface area contributed by atoms with Gasteiger partial charge in [0.25, 0.3) is 0 Å². The Morgan fingerprint density at radius 2 is 2.36 bits per heavy atom. The minimum atomic E-state index is 0.138. The van der Waals surface area contributed by atoms with Gasteiger partial charge in [-0.15, -0.1) is 11.5 Å². The summed E-state index contributed by atoms with van der Waals surface area (Å²) in [4.78, 5) is 8.05. The molecule has 0 atom stereocenters. The SMILES string of the molecule is C#CCSC1=NC(=N)C2=CN=NC2=N1. The number of fused-ring (bicyclic) bond motifs is 1. The highest BCUT2D eigenvalue weighted by atomic mass is 32.2. The van der Waals surface area contributed by atoms with Gasteiger partial charge in [-0.3, -0.25) is 5.41 Å². The van der Waals surface area contributed by atoms with E-state index in [1.807, 2.05) is 0 Å². The van der Waals surface area contributed by atoms with E-state index >= 15 is 0 Å². The third-order valence-electron chi connectivity index (χ3n) is 1.53. The lowest BCUT2D eigenvalue weighted by Crippen LogP contribution is -2.14. The molecule has 0 fully saturated rings. The summed E-state index contributed by atoms with van der Waals surface area (Å²) < 4.78 is 0. The summed E-state index contributed by atoms with van der Waals surface area (Å²) in [5.74, 6) is 3.54. The summed E-state index contributed by atoms with van der Waals surface area (Å²) in [5.41, 5.74) is 0.565. The van der Waals surface area contributed by atoms with Crippen LogP contribution in [0.2, 0.25) is 0 Å². The molecular formula is C8H5N5S. The van der Waals surface area contributed by atoms with Crippen LogP contribution in [0.25, 0.3) is 0 Å². The summed E-state index contributed by atoms with van der Waals surface area (Å²) in [5, 5.41) is 15.5. The zero-order valence-electron chi connectivity index (χ0n) is 7.06. The molecular weight excluding hydrogens is 198 g/mol. The maximum Gasteiger partial charge on any atom is 0.192 e. The smallest absolute Gasteiger partial charge is 0.192 e. The number of terminal acetylenes is 1. The van der Waals surface area contributed by atoms with Crippen LogP contribution >= 0.6 is 11.8 Å². The Labute approximate surface area is 84.6 Å². The fourth-order valence-corrected chi connectivity index (χ4v) is 1.46. The largest absolute Gasteiger partial charge is 0.282 e. The molecule has 2 aliphatic heterocycles. The van der Waals surface area contributed by atoms with Crippen LogP contribution in [-0.2, 0) is 0 Å². The number of nitrogens with zero attached hydrogens (tertiary/aromatic N) is 4. The van der Waals surface area contributed by atoms with Gasteiger partial charge >= 0.3 is 0 Å². The molecule has 0 spiro atoms. The van der Waals surface area contributed by atoms with Crippen molar-refractivity contribution in [1.29, 1.82) is 5.41 Å². The van der Waals surface area contributed by atoms with E-state index in [1.165, 1.54) is 18.0 Å². The first-order valence-corrected chi connectivity index (χ1v) is 4.74. The molecule has 0 bridgehead atoms. The van der Waals surface area contributed by atoms with Crippen molar-refractivity contribution in [2.24, 2.45) is 20.2 Å². The van der Waals surface area contributed by atoms with E-state index in [0.717, 1.165) is 0 Å². The fourth-order valence-electron chi connectivity index (χ4n) is 0.945. The maximum atomic E-state index is 7.56. The molecule has 2 aliphatic rings. The quantitative estimate of drug-likeness (QED) is 0.643. The molecule has 0 radical (unpaired) electrons. The Hall–Kier alpha value is -1.74. The summed E-state index contributed by atoms with van der Waals surface area (Å²) in [6.07, 6.45) is 6.59. The zero-order chi connectivity index (χ0) is 9.97. The third-order valence-corrected chi connectivity index (χ3v) is 2.28. The molecule has 0 aromatic carbocycles. The Morgan fingerprint density at radius 3 is 3.14 bits per heavy atom. The van der Waals surface area contributed by atoms with Gasteiger partial charge in [-0.05, 0) is 0 Å². The van der Waals surface area contributed by atoms with E-state index in [9.17, 15) is 0 Å². The van der Waals surface area contributed by atoms with Gasteiger partial charge in [-0.25, -0.2) is 9.98 Å². The fraction of sp³-hybridized carbons (Fsp3) is 0.125. The van der Waals surface area contributed by atoms with Crippen molar-refractivity contribution in [2.45, 2.75) is 0 Å². The predicted octanol–water partition coefficient (Wildman–Crippen LogP) is 1.45. The molecule has 5 nitrogen and oxygen atoms in total. The first kappa shape index (κ1) is 8.84. The second-order valence-corrected chi connectivity index (χ2v) is 3.37. The average molecular weight is 203 g/mol. The van der Waals surface area contributed by atoms with Crippen LogP contribution in [0.1, 0.15) is 0 Å². The van der Waals surface area contributed by atoms with E-state index in [1.54, 1.807) is 0 Å². The third kappa shape index (κ3) is 1.49. The van der Waals surface area contributed by atoms with Crippen molar-refractivity contribution in [3.8, 4) is 12.3 Å². The number of hydrogen-bond acceptors (Lipinski definition) is 5. The highest BCUT2D eigenvalue weighted by molar-refractivity contribution is 8.14. The Morgan fingerprint density at radius 1 is 1.50 bits per heavy atom. The molecule has 0 saturated carbocycles. The van der Waals surface area contributed by atoms with Gasteiger partial charge in [0.15, 0.2) is 16.8 Å². The van der Waals surface area contributed by atoms with Gasteiger partial charge in [0.2, 0.25) is 0 Å². The van der Waals surface area contributed by atoms with Crippen LogP contribution in [0.4, 0.5) is 0 Å². The van der Waals surface area contributed by atoms with E-state index < -0.39 is 0 Å². The second kappa shape index (κ2) is 3.55. The lowest BCUT2D eigenvalue weighted by Gasteiger charge is -2.07. The van der Waals surface area contributed by atoms with E-state index in [0.29, 0.717) is 22.3 Å². The number of thioether (sulfide) groups is 1. The number of azo groups is 1. The molecule has 0 aromatic heterocycles. The van der Waals surface area contributed by atoms with Crippen LogP contribution in [0, 0.1) is 17.8 Å². The highest BCUT2D eigenvalue weighted by Crippen LogP contribution is 2.19. The van der Waals surface area contributed by atoms with Crippen LogP contribution in [0.3, 0.4) is 0 Å². The van der Waals surface area contributed by atoms with Crippen LogP contribution in [0.5, 0.6) is 0 Å². The van der Waals surface area contributed by atoms with Crippen LogP contribution in [-0.4, -0.2) is 22.6 Å². The van der Waals surface area contributed by atoms with Gasteiger partial charge in [0.1, 0.15) is 0 Å². The molecule has 1 N–H and O–H groups in total. The van der Waals surface area contributed by atoms with Crippen molar-refractivity contribution in [1.82, 2.24) is 0 Å². The average Bonchev–Trinajstić information content (AvgIpc) is 2.63. The van der Waals surface area contributed by atoms with Gasteiger partial charge in [-0.2, -0.15) is 5.11 Å². The summed E-state index contributed by atoms with van der Waals surface area (Å²) in [7, 11) is 0. The number of rotatable bonds is 1. The van der Waals surface area contributed by atoms with Crippen LogP contribution in [0.15, 0.2) is 32.0 Å². The predicted molar refractivity (Wildman–Crippen MR) is 56.8 cm³/mol. The molecule has 68 valence electrons. The van der Waals surface area contributed by atoms with Crippen molar-refractivity contribution in [3.05, 3.63) is 11.8 Å². The topological polar surface area (TPSA) is 73.3 Å².